The zero-order valence-corrected chi connectivity index (χ0v) is 11.2. The van der Waals surface area contributed by atoms with Crippen molar-refractivity contribution in [2.45, 2.75) is 24.9 Å². The van der Waals surface area contributed by atoms with Crippen molar-refractivity contribution in [3.05, 3.63) is 24.7 Å². The fourth-order valence-electron chi connectivity index (χ4n) is 2.36. The molecule has 19 heavy (non-hydrogen) atoms. The largest absolute Gasteiger partial charge is 0.381 e. The Morgan fingerprint density at radius 1 is 1.26 bits per heavy atom. The molecule has 3 rings (SSSR count). The van der Waals surface area contributed by atoms with E-state index in [0.717, 1.165) is 16.9 Å². The van der Waals surface area contributed by atoms with Crippen LogP contribution in [0.3, 0.4) is 0 Å². The number of H-pyrrole nitrogens is 1. The van der Waals surface area contributed by atoms with Gasteiger partial charge in [-0.1, -0.05) is 0 Å². The maximum Gasteiger partial charge on any atom is 0.114 e. The predicted molar refractivity (Wildman–Crippen MR) is 73.7 cm³/mol. The molecule has 2 aromatic rings. The van der Waals surface area contributed by atoms with Gasteiger partial charge in [-0.3, -0.25) is 4.98 Å². The van der Waals surface area contributed by atoms with Gasteiger partial charge in [-0.05, 0) is 33.0 Å². The van der Waals surface area contributed by atoms with Gasteiger partial charge in [0.05, 0.1) is 11.9 Å². The molecule has 0 radical (unpaired) electrons. The third-order valence-electron chi connectivity index (χ3n) is 3.66. The van der Waals surface area contributed by atoms with E-state index in [-0.39, 0.29) is 0 Å². The lowest BCUT2D eigenvalue weighted by Crippen LogP contribution is -2.46. The van der Waals surface area contributed by atoms with E-state index in [4.69, 9.17) is 0 Å². The first kappa shape index (κ1) is 12.1. The van der Waals surface area contributed by atoms with Crippen LogP contribution >= 0.6 is 0 Å². The van der Waals surface area contributed by atoms with E-state index in [0.29, 0.717) is 12.1 Å². The molecule has 0 atom stereocenters. The van der Waals surface area contributed by atoms with Crippen LogP contribution in [0.15, 0.2) is 24.7 Å². The lowest BCUT2D eigenvalue weighted by Gasteiger charge is -2.40. The van der Waals surface area contributed by atoms with Gasteiger partial charge in [0.2, 0.25) is 0 Å². The summed E-state index contributed by atoms with van der Waals surface area (Å²) in [5.41, 5.74) is 2.83. The SMILES string of the molecule is CN(C)C1CC(Nc2cncc(-c3cn[nH]n3)c2)C1. The smallest absolute Gasteiger partial charge is 0.114 e. The van der Waals surface area contributed by atoms with Crippen molar-refractivity contribution >= 4 is 5.69 Å². The fraction of sp³-hybridized carbons (Fsp3) is 0.462. The molecule has 6 nitrogen and oxygen atoms in total. The van der Waals surface area contributed by atoms with E-state index < -0.39 is 0 Å². The summed E-state index contributed by atoms with van der Waals surface area (Å²) in [7, 11) is 4.27. The van der Waals surface area contributed by atoms with Gasteiger partial charge >= 0.3 is 0 Å². The van der Waals surface area contributed by atoms with E-state index in [2.05, 4.69) is 50.8 Å². The van der Waals surface area contributed by atoms with Gasteiger partial charge in [0.25, 0.3) is 0 Å². The van der Waals surface area contributed by atoms with Crippen molar-refractivity contribution in [1.82, 2.24) is 25.3 Å². The average Bonchev–Trinajstić information content (AvgIpc) is 2.87. The van der Waals surface area contributed by atoms with Crippen molar-refractivity contribution in [2.24, 2.45) is 0 Å². The third-order valence-corrected chi connectivity index (χ3v) is 3.66. The highest BCUT2D eigenvalue weighted by Crippen LogP contribution is 2.28. The minimum Gasteiger partial charge on any atom is -0.381 e. The van der Waals surface area contributed by atoms with Crippen LogP contribution < -0.4 is 5.32 Å². The van der Waals surface area contributed by atoms with E-state index >= 15 is 0 Å². The van der Waals surface area contributed by atoms with Crippen molar-refractivity contribution in [2.75, 3.05) is 19.4 Å². The molecule has 0 aromatic carbocycles. The molecule has 0 saturated heterocycles. The number of pyridine rings is 1. The van der Waals surface area contributed by atoms with Crippen molar-refractivity contribution in [3.8, 4) is 11.3 Å². The van der Waals surface area contributed by atoms with E-state index in [1.54, 1.807) is 12.4 Å². The zero-order chi connectivity index (χ0) is 13.2. The lowest BCUT2D eigenvalue weighted by atomic mass is 9.86. The van der Waals surface area contributed by atoms with Crippen molar-refractivity contribution in [3.63, 3.8) is 0 Å². The molecule has 1 aliphatic rings. The van der Waals surface area contributed by atoms with Gasteiger partial charge in [0.15, 0.2) is 0 Å². The number of nitrogens with one attached hydrogen (secondary N) is 2. The summed E-state index contributed by atoms with van der Waals surface area (Å²) < 4.78 is 0. The Hall–Kier alpha value is -1.95. The van der Waals surface area contributed by atoms with E-state index in [9.17, 15) is 0 Å². The first-order valence-corrected chi connectivity index (χ1v) is 6.46. The summed E-state index contributed by atoms with van der Waals surface area (Å²) in [5, 5.41) is 14.0. The molecular weight excluding hydrogens is 240 g/mol. The van der Waals surface area contributed by atoms with Crippen LogP contribution in [-0.2, 0) is 0 Å². The summed E-state index contributed by atoms with van der Waals surface area (Å²) in [6.45, 7) is 0. The zero-order valence-electron chi connectivity index (χ0n) is 11.2. The van der Waals surface area contributed by atoms with Crippen LogP contribution in [-0.4, -0.2) is 51.5 Å². The Morgan fingerprint density at radius 2 is 2.11 bits per heavy atom. The van der Waals surface area contributed by atoms with Crippen LogP contribution in [0.1, 0.15) is 12.8 Å². The fourth-order valence-corrected chi connectivity index (χ4v) is 2.36. The predicted octanol–water partition coefficient (Wildman–Crippen LogP) is 1.37. The lowest BCUT2D eigenvalue weighted by molar-refractivity contribution is 0.177. The topological polar surface area (TPSA) is 69.7 Å². The summed E-state index contributed by atoms with van der Waals surface area (Å²) >= 11 is 0. The second-order valence-corrected chi connectivity index (χ2v) is 5.25. The number of nitrogens with zero attached hydrogens (tertiary/aromatic N) is 4. The number of aromatic nitrogens is 4. The molecule has 100 valence electrons. The maximum absolute atomic E-state index is 4.25. The molecule has 0 spiro atoms. The number of anilines is 1. The minimum absolute atomic E-state index is 0.543. The Kier molecular flexibility index (Phi) is 3.16. The van der Waals surface area contributed by atoms with Gasteiger partial charge in [0.1, 0.15) is 5.69 Å². The van der Waals surface area contributed by atoms with Gasteiger partial charge in [-0.2, -0.15) is 15.4 Å². The summed E-state index contributed by atoms with van der Waals surface area (Å²) in [6, 6.07) is 3.30. The first-order chi connectivity index (χ1) is 9.22. The number of aromatic amines is 1. The molecule has 2 aromatic heterocycles. The number of hydrogen-bond acceptors (Lipinski definition) is 5. The molecule has 1 fully saturated rings. The quantitative estimate of drug-likeness (QED) is 0.867. The summed E-state index contributed by atoms with van der Waals surface area (Å²) in [4.78, 5) is 6.53. The molecule has 2 N–H and O–H groups in total. The molecular formula is C13H18N6. The van der Waals surface area contributed by atoms with Crippen LogP contribution in [0.5, 0.6) is 0 Å². The molecule has 0 bridgehead atoms. The molecule has 1 aliphatic carbocycles. The Labute approximate surface area is 112 Å². The second-order valence-electron chi connectivity index (χ2n) is 5.25. The van der Waals surface area contributed by atoms with Gasteiger partial charge in [-0.25, -0.2) is 0 Å². The minimum atomic E-state index is 0.543. The number of hydrogen-bond donors (Lipinski definition) is 2. The highest BCUT2D eigenvalue weighted by molar-refractivity contribution is 5.62. The van der Waals surface area contributed by atoms with Crippen molar-refractivity contribution < 1.29 is 0 Å². The monoisotopic (exact) mass is 258 g/mol. The standard InChI is InChI=1S/C13H18N6/c1-19(2)12-4-10(5-12)16-11-3-9(6-14-7-11)13-8-15-18-17-13/h3,6-8,10,12,16H,4-5H2,1-2H3,(H,15,17,18). The Morgan fingerprint density at radius 3 is 2.79 bits per heavy atom. The van der Waals surface area contributed by atoms with Gasteiger partial charge in [-0.15, -0.1) is 0 Å². The van der Waals surface area contributed by atoms with Crippen molar-refractivity contribution in [1.29, 1.82) is 0 Å². The van der Waals surface area contributed by atoms with E-state index in [1.165, 1.54) is 12.8 Å². The number of rotatable bonds is 4. The molecule has 0 unspecified atom stereocenters. The second kappa shape index (κ2) is 4.97. The van der Waals surface area contributed by atoms with Crippen LogP contribution in [0.4, 0.5) is 5.69 Å². The Bertz CT molecular complexity index is 530. The maximum atomic E-state index is 4.25. The highest BCUT2D eigenvalue weighted by atomic mass is 15.3. The van der Waals surface area contributed by atoms with Gasteiger partial charge in [0, 0.05) is 30.0 Å². The van der Waals surface area contributed by atoms with Crippen LogP contribution in [0.25, 0.3) is 11.3 Å². The van der Waals surface area contributed by atoms with E-state index in [1.807, 2.05) is 6.20 Å². The molecule has 1 saturated carbocycles. The van der Waals surface area contributed by atoms with Crippen LogP contribution in [0.2, 0.25) is 0 Å². The first-order valence-electron chi connectivity index (χ1n) is 6.46. The van der Waals surface area contributed by atoms with Crippen LogP contribution in [0, 0.1) is 0 Å². The molecule has 0 aliphatic heterocycles. The van der Waals surface area contributed by atoms with Gasteiger partial charge < -0.3 is 10.2 Å². The molecule has 0 amide bonds. The normalized spacial score (nSPS) is 22.3. The highest BCUT2D eigenvalue weighted by Gasteiger charge is 2.30. The average molecular weight is 258 g/mol. The molecule has 2 heterocycles. The Balaban J connectivity index is 1.65. The molecule has 6 heteroatoms. The summed E-state index contributed by atoms with van der Waals surface area (Å²) in [6.07, 6.45) is 7.72. The third kappa shape index (κ3) is 2.58. The summed E-state index contributed by atoms with van der Waals surface area (Å²) in [5.74, 6) is 0.